The van der Waals surface area contributed by atoms with Crippen LogP contribution in [-0.4, -0.2) is 17.4 Å². The lowest BCUT2D eigenvalue weighted by molar-refractivity contribution is -0.274. The summed E-state index contributed by atoms with van der Waals surface area (Å²) >= 11 is 1.20. The number of aryl methyl sites for hydroxylation is 1. The van der Waals surface area contributed by atoms with E-state index in [-0.39, 0.29) is 11.3 Å². The fourth-order valence-corrected chi connectivity index (χ4v) is 2.69. The van der Waals surface area contributed by atoms with E-state index in [9.17, 15) is 18.0 Å². The number of aromatic carboxylic acids is 1. The van der Waals surface area contributed by atoms with Crippen LogP contribution in [0.2, 0.25) is 0 Å². The number of rotatable bonds is 3. The van der Waals surface area contributed by atoms with Crippen LogP contribution in [-0.2, 0) is 0 Å². The highest BCUT2D eigenvalue weighted by molar-refractivity contribution is 7.15. The van der Waals surface area contributed by atoms with Crippen molar-refractivity contribution in [1.82, 2.24) is 0 Å². The first-order valence-electron chi connectivity index (χ1n) is 5.46. The molecule has 3 nitrogen and oxygen atoms in total. The van der Waals surface area contributed by atoms with E-state index in [1.54, 1.807) is 13.0 Å². The van der Waals surface area contributed by atoms with Crippen molar-refractivity contribution in [3.8, 4) is 16.2 Å². The zero-order valence-electron chi connectivity index (χ0n) is 10.2. The molecule has 20 heavy (non-hydrogen) atoms. The SMILES string of the molecule is Cc1sc(-c2cccc(OC(F)(F)F)c2)cc1C(=O)O. The van der Waals surface area contributed by atoms with Gasteiger partial charge in [-0.1, -0.05) is 12.1 Å². The number of benzene rings is 1. The van der Waals surface area contributed by atoms with Crippen LogP contribution in [0.4, 0.5) is 13.2 Å². The van der Waals surface area contributed by atoms with Crippen molar-refractivity contribution in [2.45, 2.75) is 13.3 Å². The minimum atomic E-state index is -4.75. The number of hydrogen-bond donors (Lipinski definition) is 1. The van der Waals surface area contributed by atoms with Crippen LogP contribution >= 0.6 is 11.3 Å². The predicted octanol–water partition coefficient (Wildman–Crippen LogP) is 4.32. The second-order valence-electron chi connectivity index (χ2n) is 3.96. The fraction of sp³-hybridized carbons (Fsp3) is 0.154. The highest BCUT2D eigenvalue weighted by Gasteiger charge is 2.31. The van der Waals surface area contributed by atoms with Gasteiger partial charge in [0.2, 0.25) is 0 Å². The maximum Gasteiger partial charge on any atom is 0.573 e. The Kier molecular flexibility index (Phi) is 3.71. The van der Waals surface area contributed by atoms with Gasteiger partial charge in [-0.15, -0.1) is 24.5 Å². The molecule has 2 rings (SSSR count). The van der Waals surface area contributed by atoms with Crippen molar-refractivity contribution in [3.63, 3.8) is 0 Å². The van der Waals surface area contributed by atoms with Crippen molar-refractivity contribution in [1.29, 1.82) is 0 Å². The van der Waals surface area contributed by atoms with E-state index in [1.807, 2.05) is 0 Å². The van der Waals surface area contributed by atoms with Crippen molar-refractivity contribution in [3.05, 3.63) is 40.8 Å². The molecule has 106 valence electrons. The molecule has 0 saturated carbocycles. The van der Waals surface area contributed by atoms with Gasteiger partial charge >= 0.3 is 12.3 Å². The summed E-state index contributed by atoms with van der Waals surface area (Å²) in [4.78, 5) is 12.1. The van der Waals surface area contributed by atoms with E-state index >= 15 is 0 Å². The molecule has 0 aliphatic rings. The Morgan fingerprint density at radius 3 is 2.55 bits per heavy atom. The van der Waals surface area contributed by atoms with Gasteiger partial charge in [0.15, 0.2) is 0 Å². The Morgan fingerprint density at radius 2 is 2.00 bits per heavy atom. The number of carbonyl (C=O) groups is 1. The fourth-order valence-electron chi connectivity index (χ4n) is 1.68. The van der Waals surface area contributed by atoms with Crippen LogP contribution in [0, 0.1) is 6.92 Å². The molecule has 0 amide bonds. The lowest BCUT2D eigenvalue weighted by Gasteiger charge is -2.09. The minimum absolute atomic E-state index is 0.146. The Hall–Kier alpha value is -2.02. The van der Waals surface area contributed by atoms with Crippen LogP contribution in [0.1, 0.15) is 15.2 Å². The molecule has 1 aromatic carbocycles. The van der Waals surface area contributed by atoms with E-state index in [4.69, 9.17) is 5.11 Å². The van der Waals surface area contributed by atoms with Crippen LogP contribution in [0.15, 0.2) is 30.3 Å². The van der Waals surface area contributed by atoms with Gasteiger partial charge < -0.3 is 9.84 Å². The molecule has 1 heterocycles. The molecule has 0 spiro atoms. The Morgan fingerprint density at radius 1 is 1.30 bits per heavy atom. The average Bonchev–Trinajstić information content (AvgIpc) is 2.69. The highest BCUT2D eigenvalue weighted by atomic mass is 32.1. The molecule has 1 N–H and O–H groups in total. The molecular weight excluding hydrogens is 293 g/mol. The van der Waals surface area contributed by atoms with Crippen molar-refractivity contribution in [2.75, 3.05) is 0 Å². The molecule has 0 radical (unpaired) electrons. The lowest BCUT2D eigenvalue weighted by atomic mass is 10.1. The molecule has 2 aromatic rings. The highest BCUT2D eigenvalue weighted by Crippen LogP contribution is 2.34. The molecule has 0 atom stereocenters. The third-order valence-corrected chi connectivity index (χ3v) is 3.60. The van der Waals surface area contributed by atoms with Gasteiger partial charge in [0.05, 0.1) is 5.56 Å². The summed E-state index contributed by atoms with van der Waals surface area (Å²) in [5.41, 5.74) is 0.625. The minimum Gasteiger partial charge on any atom is -0.478 e. The summed E-state index contributed by atoms with van der Waals surface area (Å²) in [6.07, 6.45) is -4.75. The number of alkyl halides is 3. The molecule has 7 heteroatoms. The molecule has 1 aromatic heterocycles. The molecule has 0 fully saturated rings. The van der Waals surface area contributed by atoms with Gasteiger partial charge in [0.1, 0.15) is 5.75 Å². The zero-order valence-corrected chi connectivity index (χ0v) is 11.0. The summed E-state index contributed by atoms with van der Waals surface area (Å²) in [7, 11) is 0. The van der Waals surface area contributed by atoms with Gasteiger partial charge in [-0.2, -0.15) is 0 Å². The van der Waals surface area contributed by atoms with Gasteiger partial charge in [-0.3, -0.25) is 0 Å². The molecular formula is C13H9F3O3S. The van der Waals surface area contributed by atoms with Crippen molar-refractivity contribution in [2.24, 2.45) is 0 Å². The summed E-state index contributed by atoms with van der Waals surface area (Å²) in [5.74, 6) is -1.40. The number of ether oxygens (including phenoxy) is 1. The summed E-state index contributed by atoms with van der Waals surface area (Å²) < 4.78 is 40.3. The monoisotopic (exact) mass is 302 g/mol. The Bertz CT molecular complexity index is 647. The third kappa shape index (κ3) is 3.30. The average molecular weight is 302 g/mol. The number of thiophene rings is 1. The normalized spacial score (nSPS) is 11.4. The standard InChI is InChI=1S/C13H9F3O3S/c1-7-10(12(17)18)6-11(20-7)8-3-2-4-9(5-8)19-13(14,15)16/h2-6H,1H3,(H,17,18). The van der Waals surface area contributed by atoms with E-state index < -0.39 is 12.3 Å². The summed E-state index contributed by atoms with van der Waals surface area (Å²) in [6.45, 7) is 1.65. The summed E-state index contributed by atoms with van der Waals surface area (Å²) in [5, 5.41) is 8.97. The largest absolute Gasteiger partial charge is 0.573 e. The first-order valence-corrected chi connectivity index (χ1v) is 6.28. The van der Waals surface area contributed by atoms with Crippen LogP contribution in [0.5, 0.6) is 5.75 Å². The van der Waals surface area contributed by atoms with Gasteiger partial charge in [-0.25, -0.2) is 4.79 Å². The first kappa shape index (κ1) is 14.4. The molecule has 0 bridgehead atoms. The maximum atomic E-state index is 12.2. The van der Waals surface area contributed by atoms with Crippen LogP contribution in [0.25, 0.3) is 10.4 Å². The number of hydrogen-bond acceptors (Lipinski definition) is 3. The summed E-state index contributed by atoms with van der Waals surface area (Å²) in [6, 6.07) is 6.88. The van der Waals surface area contributed by atoms with E-state index in [1.165, 1.54) is 35.6 Å². The number of carboxylic acid groups (broad SMARTS) is 1. The van der Waals surface area contributed by atoms with E-state index in [2.05, 4.69) is 4.74 Å². The topological polar surface area (TPSA) is 46.5 Å². The number of carboxylic acids is 1. The zero-order chi connectivity index (χ0) is 14.9. The maximum absolute atomic E-state index is 12.2. The Labute approximate surface area is 116 Å². The van der Waals surface area contributed by atoms with Gasteiger partial charge in [0.25, 0.3) is 0 Å². The first-order chi connectivity index (χ1) is 9.26. The van der Waals surface area contributed by atoms with Gasteiger partial charge in [-0.05, 0) is 30.7 Å². The molecule has 0 aliphatic carbocycles. The van der Waals surface area contributed by atoms with Crippen molar-refractivity contribution >= 4 is 17.3 Å². The van der Waals surface area contributed by atoms with E-state index in [0.717, 1.165) is 0 Å². The van der Waals surface area contributed by atoms with Crippen molar-refractivity contribution < 1.29 is 27.8 Å². The van der Waals surface area contributed by atoms with E-state index in [0.29, 0.717) is 15.3 Å². The second-order valence-corrected chi connectivity index (χ2v) is 5.22. The predicted molar refractivity (Wildman–Crippen MR) is 68.1 cm³/mol. The second kappa shape index (κ2) is 5.16. The quantitative estimate of drug-likeness (QED) is 0.918. The third-order valence-electron chi connectivity index (χ3n) is 2.50. The van der Waals surface area contributed by atoms with Crippen LogP contribution in [0.3, 0.4) is 0 Å². The molecule has 0 saturated heterocycles. The number of halogens is 3. The molecule has 0 unspecified atom stereocenters. The van der Waals surface area contributed by atoms with Crippen LogP contribution < -0.4 is 4.74 Å². The smallest absolute Gasteiger partial charge is 0.478 e. The Balaban J connectivity index is 2.36. The van der Waals surface area contributed by atoms with Gasteiger partial charge in [0, 0.05) is 9.75 Å². The lowest BCUT2D eigenvalue weighted by Crippen LogP contribution is -2.17. The molecule has 0 aliphatic heterocycles.